The number of hydrogen-bond donors (Lipinski definition) is 1. The zero-order valence-corrected chi connectivity index (χ0v) is 7.08. The van der Waals surface area contributed by atoms with Crippen molar-refractivity contribution in [2.45, 2.75) is 12.8 Å². The molecule has 13 heavy (non-hydrogen) atoms. The highest BCUT2D eigenvalue weighted by Gasteiger charge is 2.12. The maximum absolute atomic E-state index is 10.8. The number of rotatable bonds is 1. The average Bonchev–Trinajstić information content (AvgIpc) is 2.20. The Morgan fingerprint density at radius 1 is 1.31 bits per heavy atom. The van der Waals surface area contributed by atoms with Crippen LogP contribution >= 0.6 is 0 Å². The predicted molar refractivity (Wildman–Crippen MR) is 49.2 cm³/mol. The highest BCUT2D eigenvalue weighted by Crippen LogP contribution is 2.08. The molecule has 1 heterocycles. The fourth-order valence-corrected chi connectivity index (χ4v) is 1.26. The zero-order valence-electron chi connectivity index (χ0n) is 7.08. The van der Waals surface area contributed by atoms with Crippen molar-refractivity contribution < 1.29 is 4.79 Å². The van der Waals surface area contributed by atoms with Gasteiger partial charge in [0.05, 0.1) is 5.71 Å². The Balaban J connectivity index is 2.23. The van der Waals surface area contributed by atoms with Crippen molar-refractivity contribution in [3.05, 3.63) is 35.9 Å². The number of carbonyl (C=O) groups excluding carboxylic acids is 1. The maximum atomic E-state index is 10.8. The molecular weight excluding hydrogens is 164 g/mol. The van der Waals surface area contributed by atoms with Crippen LogP contribution in [-0.4, -0.2) is 11.6 Å². The van der Waals surface area contributed by atoms with E-state index < -0.39 is 0 Å². The van der Waals surface area contributed by atoms with E-state index in [-0.39, 0.29) is 5.91 Å². The second-order valence-corrected chi connectivity index (χ2v) is 2.88. The lowest BCUT2D eigenvalue weighted by molar-refractivity contribution is -0.121. The van der Waals surface area contributed by atoms with E-state index in [0.717, 1.165) is 17.7 Å². The van der Waals surface area contributed by atoms with Gasteiger partial charge in [0.1, 0.15) is 0 Å². The minimum atomic E-state index is -0.00811. The van der Waals surface area contributed by atoms with Crippen LogP contribution in [0.4, 0.5) is 0 Å². The van der Waals surface area contributed by atoms with Crippen LogP contribution < -0.4 is 5.43 Å². The van der Waals surface area contributed by atoms with Crippen molar-refractivity contribution >= 4 is 11.6 Å². The molecule has 0 aliphatic carbocycles. The molecule has 1 aromatic rings. The lowest BCUT2D eigenvalue weighted by atomic mass is 10.1. The lowest BCUT2D eigenvalue weighted by Gasteiger charge is -2.11. The molecule has 0 unspecified atom stereocenters. The minimum absolute atomic E-state index is 0.00811. The summed E-state index contributed by atoms with van der Waals surface area (Å²) in [4.78, 5) is 10.8. The highest BCUT2D eigenvalue weighted by atomic mass is 16.2. The minimum Gasteiger partial charge on any atom is -0.273 e. The largest absolute Gasteiger partial charge is 0.273 e. The fraction of sp³-hybridized carbons (Fsp3) is 0.200. The summed E-state index contributed by atoms with van der Waals surface area (Å²) in [6.45, 7) is 0. The van der Waals surface area contributed by atoms with E-state index in [0.29, 0.717) is 6.42 Å². The molecule has 3 nitrogen and oxygen atoms in total. The van der Waals surface area contributed by atoms with Gasteiger partial charge < -0.3 is 0 Å². The molecule has 1 radical (unpaired) electrons. The first-order chi connectivity index (χ1) is 6.36. The van der Waals surface area contributed by atoms with Crippen LogP contribution in [0.5, 0.6) is 0 Å². The summed E-state index contributed by atoms with van der Waals surface area (Å²) < 4.78 is 0. The van der Waals surface area contributed by atoms with Crippen LogP contribution in [-0.2, 0) is 4.79 Å². The first kappa shape index (κ1) is 7.98. The molecule has 0 saturated heterocycles. The van der Waals surface area contributed by atoms with Crippen LogP contribution in [0, 0.1) is 6.07 Å². The van der Waals surface area contributed by atoms with Crippen LogP contribution in [0.2, 0.25) is 0 Å². The second kappa shape index (κ2) is 3.39. The molecule has 1 aromatic carbocycles. The van der Waals surface area contributed by atoms with Gasteiger partial charge in [-0.1, -0.05) is 24.3 Å². The molecule has 0 saturated carbocycles. The molecular formula is C10H9N2O. The van der Waals surface area contributed by atoms with Gasteiger partial charge in [-0.25, -0.2) is 5.43 Å². The van der Waals surface area contributed by atoms with Crippen LogP contribution in [0.15, 0.2) is 29.4 Å². The monoisotopic (exact) mass is 173 g/mol. The molecule has 1 amide bonds. The van der Waals surface area contributed by atoms with Gasteiger partial charge >= 0.3 is 0 Å². The Bertz CT molecular complexity index is 343. The maximum Gasteiger partial charge on any atom is 0.240 e. The summed E-state index contributed by atoms with van der Waals surface area (Å²) in [6.07, 6.45) is 1.24. The third kappa shape index (κ3) is 1.75. The average molecular weight is 173 g/mol. The van der Waals surface area contributed by atoms with Gasteiger partial charge in [0.25, 0.3) is 0 Å². The van der Waals surface area contributed by atoms with Gasteiger partial charge in [-0.05, 0) is 11.6 Å². The van der Waals surface area contributed by atoms with E-state index in [1.54, 1.807) is 0 Å². The number of amides is 1. The molecule has 1 aliphatic heterocycles. The fourth-order valence-electron chi connectivity index (χ4n) is 1.26. The Morgan fingerprint density at radius 2 is 2.08 bits per heavy atom. The number of hydrazone groups is 1. The van der Waals surface area contributed by atoms with E-state index >= 15 is 0 Å². The van der Waals surface area contributed by atoms with E-state index in [4.69, 9.17) is 0 Å². The van der Waals surface area contributed by atoms with Crippen LogP contribution in [0.3, 0.4) is 0 Å². The summed E-state index contributed by atoms with van der Waals surface area (Å²) in [5, 5.41) is 3.98. The number of hydrogen-bond acceptors (Lipinski definition) is 2. The zero-order chi connectivity index (χ0) is 9.10. The summed E-state index contributed by atoms with van der Waals surface area (Å²) in [5.41, 5.74) is 4.46. The van der Waals surface area contributed by atoms with Gasteiger partial charge in [-0.3, -0.25) is 4.79 Å². The molecule has 0 bridgehead atoms. The quantitative estimate of drug-likeness (QED) is 0.678. The molecule has 0 fully saturated rings. The van der Waals surface area contributed by atoms with Crippen molar-refractivity contribution in [1.29, 1.82) is 0 Å². The molecule has 1 aliphatic rings. The standard InChI is InChI=1S/C10H9N2O/c13-10-7-6-9(11-12-10)8-4-2-1-3-5-8/h2-5H,6-7H2,(H,12,13). The Hall–Kier alpha value is -1.64. The van der Waals surface area contributed by atoms with Crippen molar-refractivity contribution in [3.8, 4) is 0 Å². The van der Waals surface area contributed by atoms with E-state index in [2.05, 4.69) is 16.6 Å². The number of nitrogens with zero attached hydrogens (tertiary/aromatic N) is 1. The lowest BCUT2D eigenvalue weighted by Crippen LogP contribution is -2.25. The van der Waals surface area contributed by atoms with E-state index in [9.17, 15) is 4.79 Å². The van der Waals surface area contributed by atoms with Gasteiger partial charge in [-0.15, -0.1) is 0 Å². The predicted octanol–water partition coefficient (Wildman–Crippen LogP) is 1.10. The summed E-state index contributed by atoms with van der Waals surface area (Å²) in [5.74, 6) is -0.00811. The second-order valence-electron chi connectivity index (χ2n) is 2.88. The van der Waals surface area contributed by atoms with E-state index in [1.807, 2.05) is 24.3 Å². The van der Waals surface area contributed by atoms with Crippen molar-refractivity contribution in [2.75, 3.05) is 0 Å². The number of benzene rings is 1. The number of carbonyl (C=O) groups is 1. The Morgan fingerprint density at radius 3 is 2.69 bits per heavy atom. The molecule has 1 N–H and O–H groups in total. The third-order valence-electron chi connectivity index (χ3n) is 1.96. The van der Waals surface area contributed by atoms with Gasteiger partial charge in [0, 0.05) is 12.8 Å². The smallest absolute Gasteiger partial charge is 0.240 e. The molecule has 0 atom stereocenters. The van der Waals surface area contributed by atoms with Crippen molar-refractivity contribution in [3.63, 3.8) is 0 Å². The van der Waals surface area contributed by atoms with Gasteiger partial charge in [-0.2, -0.15) is 5.10 Å². The van der Waals surface area contributed by atoms with Crippen LogP contribution in [0.1, 0.15) is 18.4 Å². The summed E-state index contributed by atoms with van der Waals surface area (Å²) >= 11 is 0. The Kier molecular flexibility index (Phi) is 2.08. The van der Waals surface area contributed by atoms with Crippen molar-refractivity contribution in [2.24, 2.45) is 5.10 Å². The highest BCUT2D eigenvalue weighted by molar-refractivity contribution is 6.04. The SMILES string of the molecule is O=C1CCC(c2cc[c]cc2)=NN1. The molecule has 65 valence electrons. The summed E-state index contributed by atoms with van der Waals surface area (Å²) in [7, 11) is 0. The molecule has 0 spiro atoms. The molecule has 0 aromatic heterocycles. The molecule has 2 rings (SSSR count). The molecule has 3 heteroatoms. The topological polar surface area (TPSA) is 41.5 Å². The summed E-state index contributed by atoms with van der Waals surface area (Å²) in [6, 6.07) is 10.5. The number of nitrogens with one attached hydrogen (secondary N) is 1. The van der Waals surface area contributed by atoms with Gasteiger partial charge in [0.15, 0.2) is 0 Å². The Labute approximate surface area is 76.5 Å². The van der Waals surface area contributed by atoms with E-state index in [1.165, 1.54) is 0 Å². The first-order valence-corrected chi connectivity index (χ1v) is 4.18. The first-order valence-electron chi connectivity index (χ1n) is 4.18. The van der Waals surface area contributed by atoms with Crippen molar-refractivity contribution in [1.82, 2.24) is 5.43 Å². The third-order valence-corrected chi connectivity index (χ3v) is 1.96. The van der Waals surface area contributed by atoms with Gasteiger partial charge in [0.2, 0.25) is 5.91 Å². The van der Waals surface area contributed by atoms with Crippen LogP contribution in [0.25, 0.3) is 0 Å². The normalized spacial score (nSPS) is 16.3.